The van der Waals surface area contributed by atoms with Gasteiger partial charge < -0.3 is 15.0 Å². The molecule has 18 heavy (non-hydrogen) atoms. The van der Waals surface area contributed by atoms with Gasteiger partial charge in [0.15, 0.2) is 12.4 Å². The molecule has 0 bridgehead atoms. The molecule has 0 saturated carbocycles. The standard InChI is InChI=1S/C12H14ClN3O2/c13-9-3-5-10(6-4-9)17-8-12-15-11(16-18-12)2-1-7-14/h3-6H,1-2,7-8,14H2. The van der Waals surface area contributed by atoms with Crippen LogP contribution in [0, 0.1) is 0 Å². The van der Waals surface area contributed by atoms with Crippen molar-refractivity contribution in [1.29, 1.82) is 0 Å². The molecule has 1 aromatic heterocycles. The van der Waals surface area contributed by atoms with E-state index in [0.29, 0.717) is 29.0 Å². The van der Waals surface area contributed by atoms with Gasteiger partial charge in [0.1, 0.15) is 5.75 Å². The second kappa shape index (κ2) is 6.37. The van der Waals surface area contributed by atoms with Crippen molar-refractivity contribution in [1.82, 2.24) is 10.1 Å². The Kier molecular flexibility index (Phi) is 4.55. The molecule has 0 aliphatic heterocycles. The highest BCUT2D eigenvalue weighted by atomic mass is 35.5. The highest BCUT2D eigenvalue weighted by Gasteiger charge is 2.06. The summed E-state index contributed by atoms with van der Waals surface area (Å²) in [5, 5.41) is 4.51. The van der Waals surface area contributed by atoms with E-state index in [9.17, 15) is 0 Å². The number of nitrogens with two attached hydrogens (primary N) is 1. The van der Waals surface area contributed by atoms with Crippen LogP contribution in [0.2, 0.25) is 5.02 Å². The number of ether oxygens (including phenoxy) is 1. The number of aryl methyl sites for hydroxylation is 1. The van der Waals surface area contributed by atoms with Crippen LogP contribution < -0.4 is 10.5 Å². The Balaban J connectivity index is 1.86. The molecule has 2 N–H and O–H groups in total. The minimum atomic E-state index is 0.247. The van der Waals surface area contributed by atoms with Crippen LogP contribution in [0.1, 0.15) is 18.1 Å². The van der Waals surface area contributed by atoms with E-state index in [2.05, 4.69) is 10.1 Å². The summed E-state index contributed by atoms with van der Waals surface area (Å²) >= 11 is 5.77. The Labute approximate surface area is 110 Å². The average molecular weight is 268 g/mol. The van der Waals surface area contributed by atoms with Gasteiger partial charge in [-0.15, -0.1) is 0 Å². The van der Waals surface area contributed by atoms with E-state index in [1.54, 1.807) is 24.3 Å². The Bertz CT molecular complexity index is 484. The van der Waals surface area contributed by atoms with Gasteiger partial charge in [0.25, 0.3) is 5.89 Å². The summed E-state index contributed by atoms with van der Waals surface area (Å²) in [6.45, 7) is 0.863. The largest absolute Gasteiger partial charge is 0.484 e. The predicted octanol–water partition coefficient (Wildman–Crippen LogP) is 2.19. The lowest BCUT2D eigenvalue weighted by Crippen LogP contribution is -2.01. The molecule has 96 valence electrons. The molecule has 0 spiro atoms. The van der Waals surface area contributed by atoms with E-state index in [4.69, 9.17) is 26.6 Å². The van der Waals surface area contributed by atoms with Crippen molar-refractivity contribution in [3.8, 4) is 5.75 Å². The van der Waals surface area contributed by atoms with Gasteiger partial charge in [-0.05, 0) is 37.2 Å². The Morgan fingerprint density at radius 3 is 2.78 bits per heavy atom. The fourth-order valence-corrected chi connectivity index (χ4v) is 1.51. The van der Waals surface area contributed by atoms with Crippen molar-refractivity contribution in [2.24, 2.45) is 5.73 Å². The minimum Gasteiger partial charge on any atom is -0.484 e. The molecule has 0 saturated heterocycles. The van der Waals surface area contributed by atoms with Crippen LogP contribution in [-0.4, -0.2) is 16.7 Å². The normalized spacial score (nSPS) is 10.6. The second-order valence-electron chi connectivity index (χ2n) is 3.74. The first-order valence-corrected chi connectivity index (χ1v) is 6.05. The summed E-state index contributed by atoms with van der Waals surface area (Å²) in [6.07, 6.45) is 1.57. The molecule has 5 nitrogen and oxygen atoms in total. The Morgan fingerprint density at radius 2 is 2.06 bits per heavy atom. The molecule has 0 aliphatic carbocycles. The van der Waals surface area contributed by atoms with Crippen molar-refractivity contribution in [3.63, 3.8) is 0 Å². The quantitative estimate of drug-likeness (QED) is 0.868. The molecular weight excluding hydrogens is 254 g/mol. The number of halogens is 1. The van der Waals surface area contributed by atoms with Crippen LogP contribution in [0.25, 0.3) is 0 Å². The van der Waals surface area contributed by atoms with Gasteiger partial charge in [-0.2, -0.15) is 4.98 Å². The highest BCUT2D eigenvalue weighted by Crippen LogP contribution is 2.16. The zero-order valence-electron chi connectivity index (χ0n) is 9.80. The maximum absolute atomic E-state index is 5.77. The maximum atomic E-state index is 5.77. The number of hydrogen-bond acceptors (Lipinski definition) is 5. The third-order valence-corrected chi connectivity index (χ3v) is 2.54. The SMILES string of the molecule is NCCCc1noc(COc2ccc(Cl)cc2)n1. The Hall–Kier alpha value is -1.59. The lowest BCUT2D eigenvalue weighted by molar-refractivity contribution is 0.242. The van der Waals surface area contributed by atoms with Gasteiger partial charge in [0.05, 0.1) is 0 Å². The number of nitrogens with zero attached hydrogens (tertiary/aromatic N) is 2. The van der Waals surface area contributed by atoms with Crippen molar-refractivity contribution in [2.45, 2.75) is 19.4 Å². The number of rotatable bonds is 6. The summed E-state index contributed by atoms with van der Waals surface area (Å²) in [6, 6.07) is 7.09. The maximum Gasteiger partial charge on any atom is 0.264 e. The van der Waals surface area contributed by atoms with Crippen LogP contribution in [0.3, 0.4) is 0 Å². The molecule has 0 aliphatic rings. The van der Waals surface area contributed by atoms with Gasteiger partial charge in [-0.3, -0.25) is 0 Å². The number of hydrogen-bond donors (Lipinski definition) is 1. The van der Waals surface area contributed by atoms with E-state index >= 15 is 0 Å². The molecule has 0 radical (unpaired) electrons. The minimum absolute atomic E-state index is 0.247. The first kappa shape index (κ1) is 12.9. The van der Waals surface area contributed by atoms with Crippen molar-refractivity contribution >= 4 is 11.6 Å². The summed E-state index contributed by atoms with van der Waals surface area (Å²) in [7, 11) is 0. The smallest absolute Gasteiger partial charge is 0.264 e. The number of benzene rings is 1. The molecule has 2 rings (SSSR count). The monoisotopic (exact) mass is 267 g/mol. The van der Waals surface area contributed by atoms with Crippen molar-refractivity contribution in [3.05, 3.63) is 41.0 Å². The van der Waals surface area contributed by atoms with Crippen molar-refractivity contribution in [2.75, 3.05) is 6.54 Å². The molecule has 6 heteroatoms. The molecule has 0 unspecified atom stereocenters. The topological polar surface area (TPSA) is 74.2 Å². The lowest BCUT2D eigenvalue weighted by atomic mass is 10.3. The fourth-order valence-electron chi connectivity index (χ4n) is 1.39. The third kappa shape index (κ3) is 3.72. The zero-order chi connectivity index (χ0) is 12.8. The summed E-state index contributed by atoms with van der Waals surface area (Å²) < 4.78 is 10.5. The molecule has 1 heterocycles. The van der Waals surface area contributed by atoms with Crippen LogP contribution in [0.15, 0.2) is 28.8 Å². The molecule has 0 fully saturated rings. The Morgan fingerprint density at radius 1 is 1.28 bits per heavy atom. The van der Waals surface area contributed by atoms with Gasteiger partial charge in [0, 0.05) is 11.4 Å². The van der Waals surface area contributed by atoms with Gasteiger partial charge in [-0.1, -0.05) is 16.8 Å². The fraction of sp³-hybridized carbons (Fsp3) is 0.333. The second-order valence-corrected chi connectivity index (χ2v) is 4.18. The van der Waals surface area contributed by atoms with Gasteiger partial charge in [-0.25, -0.2) is 0 Å². The summed E-state index contributed by atoms with van der Waals surface area (Å²) in [5.74, 6) is 1.83. The van der Waals surface area contributed by atoms with E-state index < -0.39 is 0 Å². The van der Waals surface area contributed by atoms with E-state index in [0.717, 1.165) is 12.8 Å². The molecule has 0 amide bonds. The summed E-state index contributed by atoms with van der Waals surface area (Å²) in [4.78, 5) is 4.20. The van der Waals surface area contributed by atoms with Crippen LogP contribution in [-0.2, 0) is 13.0 Å². The van der Waals surface area contributed by atoms with Crippen LogP contribution in [0.5, 0.6) is 5.75 Å². The van der Waals surface area contributed by atoms with E-state index in [-0.39, 0.29) is 6.61 Å². The van der Waals surface area contributed by atoms with E-state index in [1.165, 1.54) is 0 Å². The van der Waals surface area contributed by atoms with Gasteiger partial charge in [0.2, 0.25) is 0 Å². The predicted molar refractivity (Wildman–Crippen MR) is 67.5 cm³/mol. The molecule has 0 atom stereocenters. The lowest BCUT2D eigenvalue weighted by Gasteiger charge is -2.02. The number of aromatic nitrogens is 2. The van der Waals surface area contributed by atoms with Crippen LogP contribution >= 0.6 is 11.6 Å². The zero-order valence-corrected chi connectivity index (χ0v) is 10.6. The first-order chi connectivity index (χ1) is 8.78. The van der Waals surface area contributed by atoms with Crippen molar-refractivity contribution < 1.29 is 9.26 Å². The summed E-state index contributed by atoms with van der Waals surface area (Å²) in [5.41, 5.74) is 5.41. The van der Waals surface area contributed by atoms with Gasteiger partial charge >= 0.3 is 0 Å². The van der Waals surface area contributed by atoms with E-state index in [1.807, 2.05) is 0 Å². The first-order valence-electron chi connectivity index (χ1n) is 5.68. The molecule has 1 aromatic carbocycles. The third-order valence-electron chi connectivity index (χ3n) is 2.29. The molecule has 2 aromatic rings. The average Bonchev–Trinajstić information content (AvgIpc) is 2.84. The highest BCUT2D eigenvalue weighted by molar-refractivity contribution is 6.30. The molecular formula is C12H14ClN3O2. The van der Waals surface area contributed by atoms with Crippen LogP contribution in [0.4, 0.5) is 0 Å².